The van der Waals surface area contributed by atoms with Crippen LogP contribution in [0.25, 0.3) is 0 Å². The predicted molar refractivity (Wildman–Crippen MR) is 71.9 cm³/mol. The second-order valence-corrected chi connectivity index (χ2v) is 4.46. The normalized spacial score (nSPS) is 12.7. The summed E-state index contributed by atoms with van der Waals surface area (Å²) in [5.74, 6) is 0. The standard InChI is InChI=1S/C15H25N/c1-4-13-9-11-14(12-10-13)7-6-8-15(5-2)16-3/h9-12,15-16H,4-8H2,1-3H3. The van der Waals surface area contributed by atoms with E-state index < -0.39 is 0 Å². The largest absolute Gasteiger partial charge is 0.317 e. The van der Waals surface area contributed by atoms with E-state index in [1.54, 1.807) is 0 Å². The fraction of sp³-hybridized carbons (Fsp3) is 0.600. The Kier molecular flexibility index (Phi) is 6.17. The first-order valence-electron chi connectivity index (χ1n) is 6.55. The van der Waals surface area contributed by atoms with Gasteiger partial charge >= 0.3 is 0 Å². The monoisotopic (exact) mass is 219 g/mol. The van der Waals surface area contributed by atoms with Crippen molar-refractivity contribution < 1.29 is 0 Å². The van der Waals surface area contributed by atoms with E-state index in [0.717, 1.165) is 6.42 Å². The van der Waals surface area contributed by atoms with Gasteiger partial charge in [-0.1, -0.05) is 38.1 Å². The average molecular weight is 219 g/mol. The van der Waals surface area contributed by atoms with Gasteiger partial charge in [0.15, 0.2) is 0 Å². The molecule has 1 N–H and O–H groups in total. The molecule has 0 fully saturated rings. The van der Waals surface area contributed by atoms with Gasteiger partial charge in [0.1, 0.15) is 0 Å². The highest BCUT2D eigenvalue weighted by Crippen LogP contribution is 2.10. The van der Waals surface area contributed by atoms with E-state index in [0.29, 0.717) is 6.04 Å². The second kappa shape index (κ2) is 7.45. The van der Waals surface area contributed by atoms with Crippen LogP contribution >= 0.6 is 0 Å². The van der Waals surface area contributed by atoms with Crippen molar-refractivity contribution in [2.24, 2.45) is 0 Å². The van der Waals surface area contributed by atoms with Crippen LogP contribution in [0.3, 0.4) is 0 Å². The number of hydrogen-bond donors (Lipinski definition) is 1. The molecule has 1 aromatic carbocycles. The van der Waals surface area contributed by atoms with Crippen molar-refractivity contribution in [3.63, 3.8) is 0 Å². The lowest BCUT2D eigenvalue weighted by Gasteiger charge is -2.13. The molecule has 0 aromatic heterocycles. The number of nitrogens with one attached hydrogen (secondary N) is 1. The van der Waals surface area contributed by atoms with Crippen molar-refractivity contribution in [1.82, 2.24) is 5.32 Å². The lowest BCUT2D eigenvalue weighted by atomic mass is 10.0. The molecule has 1 unspecified atom stereocenters. The molecular weight excluding hydrogens is 194 g/mol. The van der Waals surface area contributed by atoms with Gasteiger partial charge in [0.25, 0.3) is 0 Å². The minimum Gasteiger partial charge on any atom is -0.317 e. The molecule has 0 aliphatic rings. The predicted octanol–water partition coefficient (Wildman–Crippen LogP) is 3.57. The highest BCUT2D eigenvalue weighted by molar-refractivity contribution is 5.22. The van der Waals surface area contributed by atoms with Crippen LogP contribution in [-0.4, -0.2) is 13.1 Å². The summed E-state index contributed by atoms with van der Waals surface area (Å²) in [5, 5.41) is 3.36. The molecule has 0 aliphatic carbocycles. The van der Waals surface area contributed by atoms with Gasteiger partial charge < -0.3 is 5.32 Å². The van der Waals surface area contributed by atoms with Gasteiger partial charge in [0, 0.05) is 6.04 Å². The summed E-state index contributed by atoms with van der Waals surface area (Å²) in [6.07, 6.45) is 6.14. The van der Waals surface area contributed by atoms with Crippen LogP contribution in [-0.2, 0) is 12.8 Å². The highest BCUT2D eigenvalue weighted by Gasteiger charge is 2.02. The molecule has 90 valence electrons. The Labute approximate surface area is 100 Å². The second-order valence-electron chi connectivity index (χ2n) is 4.46. The highest BCUT2D eigenvalue weighted by atomic mass is 14.9. The van der Waals surface area contributed by atoms with Crippen LogP contribution in [0.2, 0.25) is 0 Å². The molecule has 0 radical (unpaired) electrons. The van der Waals surface area contributed by atoms with Crippen molar-refractivity contribution in [3.8, 4) is 0 Å². The van der Waals surface area contributed by atoms with Gasteiger partial charge in [-0.2, -0.15) is 0 Å². The number of rotatable bonds is 7. The summed E-state index contributed by atoms with van der Waals surface area (Å²) in [5.41, 5.74) is 2.91. The number of aryl methyl sites for hydroxylation is 2. The zero-order valence-corrected chi connectivity index (χ0v) is 10.9. The first kappa shape index (κ1) is 13.2. The van der Waals surface area contributed by atoms with Crippen LogP contribution in [0.15, 0.2) is 24.3 Å². The Morgan fingerprint density at radius 1 is 1.06 bits per heavy atom. The molecule has 0 spiro atoms. The summed E-state index contributed by atoms with van der Waals surface area (Å²) in [4.78, 5) is 0. The molecule has 1 heteroatoms. The molecule has 1 rings (SSSR count). The Bertz CT molecular complexity index is 272. The fourth-order valence-corrected chi connectivity index (χ4v) is 2.05. The van der Waals surface area contributed by atoms with Crippen LogP contribution in [0.1, 0.15) is 44.2 Å². The first-order valence-corrected chi connectivity index (χ1v) is 6.55. The quantitative estimate of drug-likeness (QED) is 0.739. The Hall–Kier alpha value is -0.820. The first-order chi connectivity index (χ1) is 7.80. The molecule has 1 atom stereocenters. The Balaban J connectivity index is 2.31. The molecule has 0 amide bonds. The third-order valence-corrected chi connectivity index (χ3v) is 3.35. The minimum absolute atomic E-state index is 0.690. The smallest absolute Gasteiger partial charge is 0.00615 e. The maximum absolute atomic E-state index is 3.36. The van der Waals surface area contributed by atoms with Crippen LogP contribution in [0.4, 0.5) is 0 Å². The van der Waals surface area contributed by atoms with Crippen molar-refractivity contribution >= 4 is 0 Å². The minimum atomic E-state index is 0.690. The summed E-state index contributed by atoms with van der Waals surface area (Å²) in [7, 11) is 2.06. The maximum atomic E-state index is 3.36. The summed E-state index contributed by atoms with van der Waals surface area (Å²) in [6.45, 7) is 4.45. The van der Waals surface area contributed by atoms with E-state index in [2.05, 4.69) is 50.5 Å². The van der Waals surface area contributed by atoms with Gasteiger partial charge in [-0.05, 0) is 50.3 Å². The van der Waals surface area contributed by atoms with Crippen molar-refractivity contribution in [2.75, 3.05) is 7.05 Å². The molecule has 1 aromatic rings. The molecule has 16 heavy (non-hydrogen) atoms. The van der Waals surface area contributed by atoms with Gasteiger partial charge in [0.05, 0.1) is 0 Å². The Morgan fingerprint density at radius 2 is 1.69 bits per heavy atom. The third-order valence-electron chi connectivity index (χ3n) is 3.35. The van der Waals surface area contributed by atoms with E-state index in [9.17, 15) is 0 Å². The molecule has 0 saturated heterocycles. The number of benzene rings is 1. The molecule has 0 bridgehead atoms. The maximum Gasteiger partial charge on any atom is 0.00615 e. The van der Waals surface area contributed by atoms with Crippen molar-refractivity contribution in [1.29, 1.82) is 0 Å². The van der Waals surface area contributed by atoms with E-state index in [1.807, 2.05) is 0 Å². The SMILES string of the molecule is CCc1ccc(CCCC(CC)NC)cc1. The van der Waals surface area contributed by atoms with Crippen LogP contribution < -0.4 is 5.32 Å². The van der Waals surface area contributed by atoms with Gasteiger partial charge in [-0.3, -0.25) is 0 Å². The molecular formula is C15H25N. The van der Waals surface area contributed by atoms with Crippen molar-refractivity contribution in [3.05, 3.63) is 35.4 Å². The van der Waals surface area contributed by atoms with Gasteiger partial charge in [0.2, 0.25) is 0 Å². The molecule has 0 heterocycles. The van der Waals surface area contributed by atoms with Gasteiger partial charge in [-0.15, -0.1) is 0 Å². The Morgan fingerprint density at radius 3 is 2.19 bits per heavy atom. The molecule has 0 aliphatic heterocycles. The number of hydrogen-bond acceptors (Lipinski definition) is 1. The molecule has 0 saturated carbocycles. The van der Waals surface area contributed by atoms with Crippen LogP contribution in [0.5, 0.6) is 0 Å². The van der Waals surface area contributed by atoms with E-state index in [1.165, 1.54) is 36.8 Å². The summed E-state index contributed by atoms with van der Waals surface area (Å²) in [6, 6.07) is 9.75. The lowest BCUT2D eigenvalue weighted by Crippen LogP contribution is -2.23. The average Bonchev–Trinajstić information content (AvgIpc) is 2.35. The fourth-order valence-electron chi connectivity index (χ4n) is 2.05. The van der Waals surface area contributed by atoms with Crippen LogP contribution in [0, 0.1) is 0 Å². The lowest BCUT2D eigenvalue weighted by molar-refractivity contribution is 0.492. The third kappa shape index (κ3) is 4.36. The van der Waals surface area contributed by atoms with Crippen molar-refractivity contribution in [2.45, 2.75) is 52.0 Å². The molecule has 1 nitrogen and oxygen atoms in total. The van der Waals surface area contributed by atoms with Gasteiger partial charge in [-0.25, -0.2) is 0 Å². The van der Waals surface area contributed by atoms with E-state index in [4.69, 9.17) is 0 Å². The zero-order chi connectivity index (χ0) is 11.8. The van der Waals surface area contributed by atoms with E-state index in [-0.39, 0.29) is 0 Å². The summed E-state index contributed by atoms with van der Waals surface area (Å²) >= 11 is 0. The zero-order valence-electron chi connectivity index (χ0n) is 10.9. The topological polar surface area (TPSA) is 12.0 Å². The summed E-state index contributed by atoms with van der Waals surface area (Å²) < 4.78 is 0. The van der Waals surface area contributed by atoms with E-state index >= 15 is 0 Å².